The number of thiazole rings is 1. The van der Waals surface area contributed by atoms with Crippen LogP contribution in [0.1, 0.15) is 24.1 Å². The first-order chi connectivity index (χ1) is 6.33. The molecule has 0 saturated heterocycles. The number of rotatable bonds is 2. The molecule has 0 bridgehead atoms. The second-order valence-corrected chi connectivity index (χ2v) is 5.50. The SMILES string of the molecule is Cc1cnc(NC2CCC3CC32)s1. The van der Waals surface area contributed by atoms with Crippen LogP contribution in [0.3, 0.4) is 0 Å². The second-order valence-electron chi connectivity index (χ2n) is 4.26. The van der Waals surface area contributed by atoms with Crippen LogP contribution < -0.4 is 5.32 Å². The third-order valence-corrected chi connectivity index (χ3v) is 4.12. The van der Waals surface area contributed by atoms with Crippen molar-refractivity contribution in [1.82, 2.24) is 4.98 Å². The van der Waals surface area contributed by atoms with E-state index in [1.165, 1.54) is 24.1 Å². The van der Waals surface area contributed by atoms with Crippen LogP contribution in [0.5, 0.6) is 0 Å². The number of nitrogens with zero attached hydrogens (tertiary/aromatic N) is 1. The molecule has 2 nitrogen and oxygen atoms in total. The molecule has 1 aromatic rings. The predicted octanol–water partition coefficient (Wildman–Crippen LogP) is 2.66. The Morgan fingerprint density at radius 1 is 1.54 bits per heavy atom. The molecule has 2 saturated carbocycles. The Kier molecular flexibility index (Phi) is 1.62. The van der Waals surface area contributed by atoms with Crippen molar-refractivity contribution in [2.24, 2.45) is 11.8 Å². The van der Waals surface area contributed by atoms with Gasteiger partial charge < -0.3 is 5.32 Å². The van der Waals surface area contributed by atoms with E-state index in [1.807, 2.05) is 6.20 Å². The Hall–Kier alpha value is -0.570. The maximum atomic E-state index is 4.34. The molecular formula is C10H14N2S. The topological polar surface area (TPSA) is 24.9 Å². The van der Waals surface area contributed by atoms with Crippen molar-refractivity contribution < 1.29 is 0 Å². The molecule has 0 aromatic carbocycles. The Bertz CT molecular complexity index is 320. The largest absolute Gasteiger partial charge is 0.358 e. The van der Waals surface area contributed by atoms with Gasteiger partial charge in [-0.1, -0.05) is 0 Å². The fraction of sp³-hybridized carbons (Fsp3) is 0.700. The second kappa shape index (κ2) is 2.71. The highest BCUT2D eigenvalue weighted by molar-refractivity contribution is 7.15. The van der Waals surface area contributed by atoms with E-state index in [9.17, 15) is 0 Å². The van der Waals surface area contributed by atoms with Crippen molar-refractivity contribution in [3.05, 3.63) is 11.1 Å². The van der Waals surface area contributed by atoms with Gasteiger partial charge in [-0.2, -0.15) is 0 Å². The summed E-state index contributed by atoms with van der Waals surface area (Å²) in [6, 6.07) is 0.732. The monoisotopic (exact) mass is 194 g/mol. The predicted molar refractivity (Wildman–Crippen MR) is 55.1 cm³/mol. The van der Waals surface area contributed by atoms with Gasteiger partial charge in [0.05, 0.1) is 0 Å². The van der Waals surface area contributed by atoms with Gasteiger partial charge >= 0.3 is 0 Å². The Morgan fingerprint density at radius 3 is 3.00 bits per heavy atom. The van der Waals surface area contributed by atoms with Crippen LogP contribution in [-0.2, 0) is 0 Å². The summed E-state index contributed by atoms with van der Waals surface area (Å²) in [7, 11) is 0. The van der Waals surface area contributed by atoms with Crippen LogP contribution in [0.2, 0.25) is 0 Å². The first kappa shape index (κ1) is 7.80. The Labute approximate surface area is 82.4 Å². The maximum Gasteiger partial charge on any atom is 0.183 e. The van der Waals surface area contributed by atoms with E-state index in [4.69, 9.17) is 0 Å². The lowest BCUT2D eigenvalue weighted by molar-refractivity contribution is 0.654. The molecule has 70 valence electrons. The van der Waals surface area contributed by atoms with Crippen molar-refractivity contribution in [3.63, 3.8) is 0 Å². The lowest BCUT2D eigenvalue weighted by atomic mass is 10.2. The average Bonchev–Trinajstić information content (AvgIpc) is 2.63. The average molecular weight is 194 g/mol. The molecule has 1 N–H and O–H groups in total. The molecule has 3 atom stereocenters. The smallest absolute Gasteiger partial charge is 0.183 e. The highest BCUT2D eigenvalue weighted by Gasteiger charge is 2.48. The van der Waals surface area contributed by atoms with Gasteiger partial charge in [-0.3, -0.25) is 0 Å². The summed E-state index contributed by atoms with van der Waals surface area (Å²) in [5, 5.41) is 4.68. The zero-order valence-corrected chi connectivity index (χ0v) is 8.60. The maximum absolute atomic E-state index is 4.34. The third-order valence-electron chi connectivity index (χ3n) is 3.27. The van der Waals surface area contributed by atoms with E-state index in [1.54, 1.807) is 11.3 Å². The molecule has 1 aromatic heterocycles. The van der Waals surface area contributed by atoms with Crippen LogP contribution in [0.15, 0.2) is 6.20 Å². The van der Waals surface area contributed by atoms with Crippen LogP contribution in [0.25, 0.3) is 0 Å². The van der Waals surface area contributed by atoms with Crippen LogP contribution in [-0.4, -0.2) is 11.0 Å². The summed E-state index contributed by atoms with van der Waals surface area (Å²) in [6.07, 6.45) is 6.20. The molecule has 0 aliphatic heterocycles. The van der Waals surface area contributed by atoms with Crippen molar-refractivity contribution >= 4 is 16.5 Å². The lowest BCUT2D eigenvalue weighted by Gasteiger charge is -2.12. The number of hydrogen-bond donors (Lipinski definition) is 1. The minimum Gasteiger partial charge on any atom is -0.358 e. The van der Waals surface area contributed by atoms with E-state index in [0.29, 0.717) is 0 Å². The van der Waals surface area contributed by atoms with Gasteiger partial charge in [-0.05, 0) is 38.0 Å². The molecule has 13 heavy (non-hydrogen) atoms. The summed E-state index contributed by atoms with van der Waals surface area (Å²) >= 11 is 1.77. The molecule has 2 aliphatic rings. The molecule has 0 spiro atoms. The lowest BCUT2D eigenvalue weighted by Crippen LogP contribution is -2.18. The van der Waals surface area contributed by atoms with E-state index in [2.05, 4.69) is 17.2 Å². The van der Waals surface area contributed by atoms with E-state index in [0.717, 1.165) is 23.0 Å². The number of hydrogen-bond acceptors (Lipinski definition) is 3. The summed E-state index contributed by atoms with van der Waals surface area (Å²) in [5.41, 5.74) is 0. The summed E-state index contributed by atoms with van der Waals surface area (Å²) in [5.74, 6) is 2.03. The molecule has 0 amide bonds. The zero-order chi connectivity index (χ0) is 8.84. The van der Waals surface area contributed by atoms with Crippen LogP contribution >= 0.6 is 11.3 Å². The van der Waals surface area contributed by atoms with E-state index >= 15 is 0 Å². The van der Waals surface area contributed by atoms with Gasteiger partial charge in [0.2, 0.25) is 0 Å². The highest BCUT2D eigenvalue weighted by atomic mass is 32.1. The molecule has 3 rings (SSSR count). The van der Waals surface area contributed by atoms with Gasteiger partial charge in [0, 0.05) is 17.1 Å². The number of aryl methyl sites for hydroxylation is 1. The third kappa shape index (κ3) is 1.35. The van der Waals surface area contributed by atoms with E-state index < -0.39 is 0 Å². The Balaban J connectivity index is 1.68. The number of anilines is 1. The van der Waals surface area contributed by atoms with Crippen LogP contribution in [0.4, 0.5) is 5.13 Å². The van der Waals surface area contributed by atoms with Crippen molar-refractivity contribution in [2.45, 2.75) is 32.2 Å². The van der Waals surface area contributed by atoms with E-state index in [-0.39, 0.29) is 0 Å². The molecule has 3 unspecified atom stereocenters. The molecule has 2 fully saturated rings. The van der Waals surface area contributed by atoms with Gasteiger partial charge in [-0.15, -0.1) is 11.3 Å². The summed E-state index contributed by atoms with van der Waals surface area (Å²) in [6.45, 7) is 2.11. The van der Waals surface area contributed by atoms with Gasteiger partial charge in [0.15, 0.2) is 5.13 Å². The minimum atomic E-state index is 0.732. The first-order valence-electron chi connectivity index (χ1n) is 5.02. The minimum absolute atomic E-state index is 0.732. The normalized spacial score (nSPS) is 35.9. The van der Waals surface area contributed by atoms with Gasteiger partial charge in [0.1, 0.15) is 0 Å². The fourth-order valence-electron chi connectivity index (χ4n) is 2.46. The molecule has 1 heterocycles. The van der Waals surface area contributed by atoms with Crippen LogP contribution in [0, 0.1) is 18.8 Å². The van der Waals surface area contributed by atoms with Gasteiger partial charge in [0.25, 0.3) is 0 Å². The number of fused-ring (bicyclic) bond motifs is 1. The molecule has 3 heteroatoms. The van der Waals surface area contributed by atoms with Gasteiger partial charge in [-0.25, -0.2) is 4.98 Å². The highest BCUT2D eigenvalue weighted by Crippen LogP contribution is 2.52. The quantitative estimate of drug-likeness (QED) is 0.783. The summed E-state index contributed by atoms with van der Waals surface area (Å²) < 4.78 is 0. The molecular weight excluding hydrogens is 180 g/mol. The standard InChI is InChI=1S/C10H14N2S/c1-6-5-11-10(13-6)12-9-3-2-7-4-8(7)9/h5,7-9H,2-4H2,1H3,(H,11,12). The number of aromatic nitrogens is 1. The fourth-order valence-corrected chi connectivity index (χ4v) is 3.19. The van der Waals surface area contributed by atoms with Crippen molar-refractivity contribution in [1.29, 1.82) is 0 Å². The number of nitrogens with one attached hydrogen (secondary N) is 1. The first-order valence-corrected chi connectivity index (χ1v) is 5.83. The zero-order valence-electron chi connectivity index (χ0n) is 7.79. The van der Waals surface area contributed by atoms with Crippen molar-refractivity contribution in [3.8, 4) is 0 Å². The Morgan fingerprint density at radius 2 is 2.46 bits per heavy atom. The molecule has 0 radical (unpaired) electrons. The summed E-state index contributed by atoms with van der Waals surface area (Å²) in [4.78, 5) is 5.64. The molecule has 2 aliphatic carbocycles. The van der Waals surface area contributed by atoms with Crippen molar-refractivity contribution in [2.75, 3.05) is 5.32 Å².